The quantitative estimate of drug-likeness (QED) is 0.134. The lowest BCUT2D eigenvalue weighted by atomic mass is 9.95. The van der Waals surface area contributed by atoms with Gasteiger partial charge in [0.1, 0.15) is 0 Å². The van der Waals surface area contributed by atoms with Gasteiger partial charge in [-0.15, -0.1) is 0 Å². The zero-order valence-electron chi connectivity index (χ0n) is 18.6. The van der Waals surface area contributed by atoms with Crippen molar-refractivity contribution in [2.24, 2.45) is 0 Å². The van der Waals surface area contributed by atoms with Crippen LogP contribution in [-0.2, 0) is 6.42 Å². The minimum atomic E-state index is 1.20. The molecule has 4 rings (SSSR count). The predicted octanol–water partition coefficient (Wildman–Crippen LogP) is 9.61. The molecule has 0 heterocycles. The smallest absolute Gasteiger partial charge is 0.00989 e. The molecule has 0 unspecified atom stereocenters. The summed E-state index contributed by atoms with van der Waals surface area (Å²) in [7, 11) is 0. The number of benzene rings is 4. The molecule has 0 saturated heterocycles. The number of aryl methyl sites for hydroxylation is 1. The van der Waals surface area contributed by atoms with E-state index in [1.807, 2.05) is 0 Å². The van der Waals surface area contributed by atoms with E-state index in [1.54, 1.807) is 0 Å². The predicted molar refractivity (Wildman–Crippen MR) is 135 cm³/mol. The molecule has 0 aromatic heterocycles. The number of fused-ring (bicyclic) bond motifs is 4. The molecule has 0 radical (unpaired) electrons. The molecule has 0 saturated carbocycles. The molecule has 0 fully saturated rings. The fraction of sp³-hybridized carbons (Fsp3) is 0.400. The highest BCUT2D eigenvalue weighted by atomic mass is 14.1. The van der Waals surface area contributed by atoms with Crippen LogP contribution in [0.4, 0.5) is 0 Å². The van der Waals surface area contributed by atoms with Gasteiger partial charge in [0.05, 0.1) is 0 Å². The third-order valence-electron chi connectivity index (χ3n) is 6.59. The Morgan fingerprint density at radius 2 is 1.03 bits per heavy atom. The van der Waals surface area contributed by atoms with Crippen molar-refractivity contribution in [1.29, 1.82) is 0 Å². The van der Waals surface area contributed by atoms with Crippen LogP contribution in [0.3, 0.4) is 0 Å². The Kier molecular flexibility index (Phi) is 7.40. The highest BCUT2D eigenvalue weighted by Crippen LogP contribution is 2.30. The standard InChI is InChI=1S/C30H36/c1-2-3-4-5-6-7-8-9-10-11-14-24-17-18-25-19-20-28-22-26-15-12-13-16-27(26)23-30(28)29(25)21-24/h12-13,15-23H,2-11,14H2,1H3. The number of hydrogen-bond donors (Lipinski definition) is 0. The second kappa shape index (κ2) is 10.6. The second-order valence-electron chi connectivity index (χ2n) is 8.97. The van der Waals surface area contributed by atoms with Crippen LogP contribution in [0, 0.1) is 0 Å². The van der Waals surface area contributed by atoms with E-state index in [2.05, 4.69) is 73.7 Å². The van der Waals surface area contributed by atoms with Crippen molar-refractivity contribution in [3.05, 3.63) is 72.3 Å². The fourth-order valence-corrected chi connectivity index (χ4v) is 4.76. The second-order valence-corrected chi connectivity index (χ2v) is 8.97. The maximum Gasteiger partial charge on any atom is -0.00989 e. The van der Waals surface area contributed by atoms with E-state index in [0.29, 0.717) is 0 Å². The summed E-state index contributed by atoms with van der Waals surface area (Å²) in [5, 5.41) is 8.14. The molecule has 0 N–H and O–H groups in total. The fourth-order valence-electron chi connectivity index (χ4n) is 4.76. The molecule has 0 heteroatoms. The summed E-state index contributed by atoms with van der Waals surface area (Å²) in [6.45, 7) is 2.29. The summed E-state index contributed by atoms with van der Waals surface area (Å²) in [5.74, 6) is 0. The Morgan fingerprint density at radius 3 is 1.77 bits per heavy atom. The first-order valence-electron chi connectivity index (χ1n) is 12.2. The lowest BCUT2D eigenvalue weighted by Crippen LogP contribution is -1.88. The van der Waals surface area contributed by atoms with Crippen molar-refractivity contribution in [3.63, 3.8) is 0 Å². The van der Waals surface area contributed by atoms with Gasteiger partial charge in [0.15, 0.2) is 0 Å². The molecular weight excluding hydrogens is 360 g/mol. The van der Waals surface area contributed by atoms with Gasteiger partial charge >= 0.3 is 0 Å². The third-order valence-corrected chi connectivity index (χ3v) is 6.59. The van der Waals surface area contributed by atoms with Crippen LogP contribution >= 0.6 is 0 Å². The first-order valence-corrected chi connectivity index (χ1v) is 12.2. The van der Waals surface area contributed by atoms with Gasteiger partial charge in [-0.05, 0) is 62.9 Å². The van der Waals surface area contributed by atoms with Gasteiger partial charge in [-0.25, -0.2) is 0 Å². The van der Waals surface area contributed by atoms with Crippen LogP contribution in [0.25, 0.3) is 32.3 Å². The molecule has 0 amide bonds. The number of unbranched alkanes of at least 4 members (excludes halogenated alkanes) is 9. The molecular formula is C30H36. The van der Waals surface area contributed by atoms with Crippen LogP contribution < -0.4 is 0 Å². The zero-order chi connectivity index (χ0) is 20.6. The van der Waals surface area contributed by atoms with E-state index >= 15 is 0 Å². The first kappa shape index (κ1) is 20.9. The SMILES string of the molecule is CCCCCCCCCCCCc1ccc2ccc3cc4ccccc4cc3c2c1. The van der Waals surface area contributed by atoms with Crippen molar-refractivity contribution >= 4 is 32.3 Å². The van der Waals surface area contributed by atoms with Crippen molar-refractivity contribution < 1.29 is 0 Å². The summed E-state index contributed by atoms with van der Waals surface area (Å²) in [5.41, 5.74) is 1.49. The van der Waals surface area contributed by atoms with Gasteiger partial charge in [0.25, 0.3) is 0 Å². The molecule has 0 bridgehead atoms. The molecule has 156 valence electrons. The lowest BCUT2D eigenvalue weighted by molar-refractivity contribution is 0.556. The third kappa shape index (κ3) is 5.22. The highest BCUT2D eigenvalue weighted by molar-refractivity contribution is 6.12. The topological polar surface area (TPSA) is 0 Å². The van der Waals surface area contributed by atoms with Crippen molar-refractivity contribution in [1.82, 2.24) is 0 Å². The first-order chi connectivity index (χ1) is 14.8. The average molecular weight is 397 g/mol. The van der Waals surface area contributed by atoms with Crippen LogP contribution in [0.1, 0.15) is 76.7 Å². The molecule has 4 aromatic rings. The minimum Gasteiger partial charge on any atom is -0.0654 e. The summed E-state index contributed by atoms with van der Waals surface area (Å²) in [4.78, 5) is 0. The summed E-state index contributed by atoms with van der Waals surface area (Å²) < 4.78 is 0. The summed E-state index contributed by atoms with van der Waals surface area (Å²) in [6.07, 6.45) is 15.2. The molecule has 0 nitrogen and oxygen atoms in total. The lowest BCUT2D eigenvalue weighted by Gasteiger charge is -2.09. The summed E-state index contributed by atoms with van der Waals surface area (Å²) in [6, 6.07) is 25.0. The monoisotopic (exact) mass is 396 g/mol. The average Bonchev–Trinajstić information content (AvgIpc) is 2.79. The van der Waals surface area contributed by atoms with E-state index in [4.69, 9.17) is 0 Å². The van der Waals surface area contributed by atoms with E-state index < -0.39 is 0 Å². The largest absolute Gasteiger partial charge is 0.0654 e. The maximum absolute atomic E-state index is 2.44. The van der Waals surface area contributed by atoms with E-state index in [-0.39, 0.29) is 0 Å². The van der Waals surface area contributed by atoms with Crippen LogP contribution in [0.15, 0.2) is 66.7 Å². The van der Waals surface area contributed by atoms with Crippen molar-refractivity contribution in [3.8, 4) is 0 Å². The molecule has 0 spiro atoms. The Balaban J connectivity index is 1.36. The highest BCUT2D eigenvalue weighted by Gasteiger charge is 2.04. The van der Waals surface area contributed by atoms with E-state index in [1.165, 1.54) is 109 Å². The van der Waals surface area contributed by atoms with Crippen molar-refractivity contribution in [2.75, 3.05) is 0 Å². The van der Waals surface area contributed by atoms with Crippen LogP contribution in [-0.4, -0.2) is 0 Å². The number of rotatable bonds is 11. The van der Waals surface area contributed by atoms with Gasteiger partial charge in [0, 0.05) is 0 Å². The maximum atomic E-state index is 2.44. The molecule has 0 atom stereocenters. The van der Waals surface area contributed by atoms with Gasteiger partial charge in [-0.3, -0.25) is 0 Å². The Labute approximate surface area is 182 Å². The zero-order valence-corrected chi connectivity index (χ0v) is 18.6. The van der Waals surface area contributed by atoms with E-state index in [0.717, 1.165) is 0 Å². The Hall–Kier alpha value is -2.34. The molecule has 0 aliphatic carbocycles. The van der Waals surface area contributed by atoms with Crippen LogP contribution in [0.2, 0.25) is 0 Å². The molecule has 4 aromatic carbocycles. The Morgan fingerprint density at radius 1 is 0.467 bits per heavy atom. The molecule has 0 aliphatic heterocycles. The van der Waals surface area contributed by atoms with Gasteiger partial charge < -0.3 is 0 Å². The minimum absolute atomic E-state index is 1.20. The van der Waals surface area contributed by atoms with Crippen LogP contribution in [0.5, 0.6) is 0 Å². The van der Waals surface area contributed by atoms with Crippen molar-refractivity contribution in [2.45, 2.75) is 77.6 Å². The van der Waals surface area contributed by atoms with E-state index in [9.17, 15) is 0 Å². The van der Waals surface area contributed by atoms with Gasteiger partial charge in [-0.1, -0.05) is 119 Å². The summed E-state index contributed by atoms with van der Waals surface area (Å²) >= 11 is 0. The number of hydrogen-bond acceptors (Lipinski definition) is 0. The van der Waals surface area contributed by atoms with Gasteiger partial charge in [-0.2, -0.15) is 0 Å². The molecule has 30 heavy (non-hydrogen) atoms. The van der Waals surface area contributed by atoms with Gasteiger partial charge in [0.2, 0.25) is 0 Å². The molecule has 0 aliphatic rings. The normalized spacial score (nSPS) is 11.6. The Bertz CT molecular complexity index is 1090.